The van der Waals surface area contributed by atoms with Gasteiger partial charge in [0.2, 0.25) is 5.91 Å². The minimum atomic E-state index is -0.507. The second kappa shape index (κ2) is 10.6. The van der Waals surface area contributed by atoms with Gasteiger partial charge in [-0.1, -0.05) is 30.3 Å². The highest BCUT2D eigenvalue weighted by Gasteiger charge is 2.35. The van der Waals surface area contributed by atoms with Gasteiger partial charge in [0.15, 0.2) is 0 Å². The van der Waals surface area contributed by atoms with Crippen molar-refractivity contribution in [1.29, 1.82) is 0 Å². The summed E-state index contributed by atoms with van der Waals surface area (Å²) in [6, 6.07) is 24.3. The monoisotopic (exact) mass is 497 g/mol. The molecule has 2 amide bonds. The van der Waals surface area contributed by atoms with Crippen LogP contribution in [0.1, 0.15) is 41.3 Å². The third-order valence-electron chi connectivity index (χ3n) is 7.01. The maximum atomic E-state index is 13.5. The van der Waals surface area contributed by atoms with Crippen molar-refractivity contribution in [3.8, 4) is 5.75 Å². The Kier molecular flexibility index (Phi) is 7.15. The molecular weight excluding hydrogens is 464 g/mol. The fraction of sp³-hybridized carbons (Fsp3) is 0.333. The van der Waals surface area contributed by atoms with Crippen LogP contribution in [0.4, 0.5) is 11.4 Å². The maximum Gasteiger partial charge on any atom is 0.258 e. The van der Waals surface area contributed by atoms with Crippen LogP contribution in [0.2, 0.25) is 0 Å². The Labute approximate surface area is 218 Å². The van der Waals surface area contributed by atoms with Crippen molar-refractivity contribution < 1.29 is 14.3 Å². The van der Waals surface area contributed by atoms with Crippen LogP contribution in [0.3, 0.4) is 0 Å². The lowest BCUT2D eigenvalue weighted by Crippen LogP contribution is -2.46. The summed E-state index contributed by atoms with van der Waals surface area (Å²) >= 11 is 0. The lowest BCUT2D eigenvalue weighted by Gasteiger charge is -2.37. The summed E-state index contributed by atoms with van der Waals surface area (Å²) in [5.41, 5.74) is 9.95. The van der Waals surface area contributed by atoms with Gasteiger partial charge in [0, 0.05) is 50.5 Å². The van der Waals surface area contributed by atoms with Crippen molar-refractivity contribution in [2.75, 3.05) is 42.5 Å². The molecule has 1 fully saturated rings. The smallest absolute Gasteiger partial charge is 0.258 e. The number of fused-ring (bicyclic) bond motifs is 1. The van der Waals surface area contributed by atoms with Crippen LogP contribution in [0, 0.1) is 6.07 Å². The number of nitrogens with zero attached hydrogens (tertiary/aromatic N) is 3. The molecule has 5 rings (SSSR count). The van der Waals surface area contributed by atoms with Crippen LogP contribution in [0.25, 0.3) is 0 Å². The number of benzene rings is 3. The number of ether oxygens (including phenoxy) is 1. The molecule has 2 aliphatic heterocycles. The number of carbonyl (C=O) groups is 2. The Hall–Kier alpha value is -3.84. The van der Waals surface area contributed by atoms with Gasteiger partial charge < -0.3 is 20.3 Å². The molecule has 1 saturated heterocycles. The largest absolute Gasteiger partial charge is 0.489 e. The first-order chi connectivity index (χ1) is 17.9. The van der Waals surface area contributed by atoms with Crippen LogP contribution < -0.4 is 20.3 Å². The molecule has 1 unspecified atom stereocenters. The number of rotatable bonds is 7. The normalized spacial score (nSPS) is 17.6. The lowest BCUT2D eigenvalue weighted by molar-refractivity contribution is -0.119. The van der Waals surface area contributed by atoms with Gasteiger partial charge in [-0.25, -0.2) is 0 Å². The van der Waals surface area contributed by atoms with Crippen molar-refractivity contribution in [2.24, 2.45) is 5.73 Å². The van der Waals surface area contributed by atoms with Gasteiger partial charge in [-0.2, -0.15) is 0 Å². The number of nitrogens with two attached hydrogens (primary N) is 1. The quantitative estimate of drug-likeness (QED) is 0.537. The predicted octanol–water partition coefficient (Wildman–Crippen LogP) is 3.83. The Morgan fingerprint density at radius 2 is 1.81 bits per heavy atom. The van der Waals surface area contributed by atoms with Crippen LogP contribution >= 0.6 is 0 Å². The molecule has 7 nitrogen and oxygen atoms in total. The average molecular weight is 498 g/mol. The molecule has 0 saturated carbocycles. The van der Waals surface area contributed by atoms with Crippen molar-refractivity contribution in [3.05, 3.63) is 89.5 Å². The molecule has 0 aliphatic carbocycles. The van der Waals surface area contributed by atoms with Crippen molar-refractivity contribution in [1.82, 2.24) is 4.90 Å². The summed E-state index contributed by atoms with van der Waals surface area (Å²) in [7, 11) is 0. The third-order valence-corrected chi connectivity index (χ3v) is 7.01. The van der Waals surface area contributed by atoms with Gasteiger partial charge in [0.05, 0.1) is 17.7 Å². The number of piperazine rings is 1. The Morgan fingerprint density at radius 3 is 2.57 bits per heavy atom. The first-order valence-corrected chi connectivity index (χ1v) is 12.8. The highest BCUT2D eigenvalue weighted by Crippen LogP contribution is 2.37. The molecule has 0 spiro atoms. The second-order valence-electron chi connectivity index (χ2n) is 9.95. The lowest BCUT2D eigenvalue weighted by atomic mass is 10.0. The first kappa shape index (κ1) is 24.8. The second-order valence-corrected chi connectivity index (χ2v) is 9.95. The SMILES string of the molecule is CC(C)Oc1ccccc1N1CCN(Cc2cccc(C(=O)N3CC(C(N)=O)c4c[c]ccc43)c2)CC1. The van der Waals surface area contributed by atoms with E-state index in [9.17, 15) is 9.59 Å². The molecule has 2 aliphatic rings. The molecule has 0 aromatic heterocycles. The molecular formula is C30H33N4O3. The van der Waals surface area contributed by atoms with Gasteiger partial charge in [-0.15, -0.1) is 0 Å². The summed E-state index contributed by atoms with van der Waals surface area (Å²) < 4.78 is 6.02. The molecule has 3 aromatic carbocycles. The highest BCUT2D eigenvalue weighted by molar-refractivity contribution is 6.09. The maximum absolute atomic E-state index is 13.5. The third kappa shape index (κ3) is 5.32. The van der Waals surface area contributed by atoms with E-state index in [1.54, 1.807) is 17.0 Å². The summed E-state index contributed by atoms with van der Waals surface area (Å²) in [6.07, 6.45) is 0.131. The molecule has 2 N–H and O–H groups in total. The zero-order valence-corrected chi connectivity index (χ0v) is 21.4. The van der Waals surface area contributed by atoms with Crippen LogP contribution in [0.5, 0.6) is 5.75 Å². The Morgan fingerprint density at radius 1 is 1.03 bits per heavy atom. The van der Waals surface area contributed by atoms with E-state index in [4.69, 9.17) is 10.5 Å². The molecule has 37 heavy (non-hydrogen) atoms. The van der Waals surface area contributed by atoms with E-state index in [0.29, 0.717) is 5.56 Å². The number of anilines is 2. The van der Waals surface area contributed by atoms with Crippen LogP contribution in [-0.2, 0) is 11.3 Å². The summed E-state index contributed by atoms with van der Waals surface area (Å²) in [5.74, 6) is -0.129. The molecule has 1 atom stereocenters. The van der Waals surface area contributed by atoms with Gasteiger partial charge >= 0.3 is 0 Å². The summed E-state index contributed by atoms with van der Waals surface area (Å²) in [5, 5.41) is 0. The van der Waals surface area contributed by atoms with E-state index in [-0.39, 0.29) is 18.6 Å². The Bertz CT molecular complexity index is 1280. The molecule has 2 heterocycles. The molecule has 0 bridgehead atoms. The van der Waals surface area contributed by atoms with Crippen molar-refractivity contribution >= 4 is 23.2 Å². The summed E-state index contributed by atoms with van der Waals surface area (Å²) in [4.78, 5) is 31.9. The standard InChI is InChI=1S/C30H33N4O3/c1-21(2)37-28-13-6-5-12-27(28)33-16-14-32(15-17-33)19-22-8-7-9-23(18-22)30(36)34-20-25(29(31)35)24-10-3-4-11-26(24)34/h4-13,18,21,25H,14-17,19-20H2,1-2H3,(H2,31,35). The fourth-order valence-electron chi connectivity index (χ4n) is 5.21. The van der Waals surface area contributed by atoms with Crippen molar-refractivity contribution in [2.45, 2.75) is 32.4 Å². The van der Waals surface area contributed by atoms with E-state index < -0.39 is 11.8 Å². The number of carbonyl (C=O) groups excluding carboxylic acids is 2. The summed E-state index contributed by atoms with van der Waals surface area (Å²) in [6.45, 7) is 8.79. The fourth-order valence-corrected chi connectivity index (χ4v) is 5.21. The Balaban J connectivity index is 1.24. The van der Waals surface area contributed by atoms with Crippen molar-refractivity contribution in [3.63, 3.8) is 0 Å². The number of primary amides is 1. The minimum Gasteiger partial charge on any atom is -0.489 e. The molecule has 191 valence electrons. The zero-order chi connectivity index (χ0) is 25.9. The number of hydrogen-bond acceptors (Lipinski definition) is 5. The van der Waals surface area contributed by atoms with E-state index in [0.717, 1.165) is 61.0 Å². The highest BCUT2D eigenvalue weighted by atomic mass is 16.5. The number of para-hydroxylation sites is 2. The van der Waals surface area contributed by atoms with Crippen LogP contribution in [-0.4, -0.2) is 55.5 Å². The van der Waals surface area contributed by atoms with E-state index in [2.05, 4.69) is 34.1 Å². The molecule has 3 aromatic rings. The molecule has 1 radical (unpaired) electrons. The zero-order valence-electron chi connectivity index (χ0n) is 21.4. The van der Waals surface area contributed by atoms with E-state index in [1.807, 2.05) is 50.2 Å². The first-order valence-electron chi connectivity index (χ1n) is 12.8. The minimum absolute atomic E-state index is 0.121. The number of hydrogen-bond donors (Lipinski definition) is 1. The van der Waals surface area contributed by atoms with E-state index >= 15 is 0 Å². The average Bonchev–Trinajstić information content (AvgIpc) is 3.29. The predicted molar refractivity (Wildman–Crippen MR) is 145 cm³/mol. The van der Waals surface area contributed by atoms with Crippen LogP contribution in [0.15, 0.2) is 66.7 Å². The van der Waals surface area contributed by atoms with Gasteiger partial charge in [0.1, 0.15) is 5.75 Å². The van der Waals surface area contributed by atoms with E-state index in [1.165, 1.54) is 0 Å². The molecule has 7 heteroatoms. The van der Waals surface area contributed by atoms with Gasteiger partial charge in [0.25, 0.3) is 5.91 Å². The van der Waals surface area contributed by atoms with Gasteiger partial charge in [-0.3, -0.25) is 14.5 Å². The topological polar surface area (TPSA) is 79.1 Å². The van der Waals surface area contributed by atoms with Gasteiger partial charge in [-0.05, 0) is 67.4 Å². The number of amides is 2.